The van der Waals surface area contributed by atoms with Crippen LogP contribution in [0.5, 0.6) is 0 Å². The van der Waals surface area contributed by atoms with Crippen molar-refractivity contribution in [3.8, 4) is 0 Å². The van der Waals surface area contributed by atoms with Gasteiger partial charge in [-0.25, -0.2) is 0 Å². The standard InChI is InChI=1S/C24H40N2O4/c1-15-3-10-22(25-11-15)26-12-19-21(30-14-26)9-8-18-23(27)20(13-29-24(18)19)16-4-6-17(28-2)7-5-16/h15-22,24-25H,3-14H2,1-2H3. The van der Waals surface area contributed by atoms with Crippen molar-refractivity contribution >= 4 is 5.78 Å². The molecule has 170 valence electrons. The molecule has 2 aliphatic carbocycles. The molecule has 5 fully saturated rings. The Morgan fingerprint density at radius 1 is 1.00 bits per heavy atom. The second-order valence-electron chi connectivity index (χ2n) is 10.6. The lowest BCUT2D eigenvalue weighted by Crippen LogP contribution is -2.62. The van der Waals surface area contributed by atoms with Crippen LogP contribution in [0.25, 0.3) is 0 Å². The van der Waals surface area contributed by atoms with Crippen LogP contribution < -0.4 is 5.32 Å². The van der Waals surface area contributed by atoms with Gasteiger partial charge in [0, 0.05) is 31.4 Å². The van der Waals surface area contributed by atoms with E-state index in [0.717, 1.165) is 57.5 Å². The molecule has 0 aromatic carbocycles. The third kappa shape index (κ3) is 4.11. The van der Waals surface area contributed by atoms with Gasteiger partial charge in [-0.05, 0) is 69.7 Å². The molecule has 3 saturated heterocycles. The number of ketones is 1. The highest BCUT2D eigenvalue weighted by Gasteiger charge is 2.52. The van der Waals surface area contributed by atoms with E-state index in [-0.39, 0.29) is 24.0 Å². The molecule has 0 amide bonds. The van der Waals surface area contributed by atoms with Gasteiger partial charge < -0.3 is 19.5 Å². The summed E-state index contributed by atoms with van der Waals surface area (Å²) in [4.78, 5) is 16.0. The van der Waals surface area contributed by atoms with Crippen molar-refractivity contribution in [3.63, 3.8) is 0 Å². The fourth-order valence-corrected chi connectivity index (χ4v) is 6.90. The molecule has 30 heavy (non-hydrogen) atoms. The number of nitrogens with zero attached hydrogens (tertiary/aromatic N) is 1. The number of ether oxygens (including phenoxy) is 3. The molecule has 0 aromatic rings. The molecular formula is C24H40N2O4. The summed E-state index contributed by atoms with van der Waals surface area (Å²) in [5, 5.41) is 3.70. The van der Waals surface area contributed by atoms with E-state index in [2.05, 4.69) is 17.1 Å². The third-order valence-corrected chi connectivity index (χ3v) is 8.85. The van der Waals surface area contributed by atoms with Gasteiger partial charge in [0.05, 0.1) is 31.1 Å². The van der Waals surface area contributed by atoms with Crippen LogP contribution in [0.2, 0.25) is 0 Å². The van der Waals surface area contributed by atoms with Gasteiger partial charge in [-0.15, -0.1) is 0 Å². The number of methoxy groups -OCH3 is 1. The van der Waals surface area contributed by atoms with E-state index in [1.54, 1.807) is 0 Å². The first-order chi connectivity index (χ1) is 14.6. The Morgan fingerprint density at radius 3 is 2.57 bits per heavy atom. The van der Waals surface area contributed by atoms with Gasteiger partial charge in [0.25, 0.3) is 0 Å². The minimum Gasteiger partial charge on any atom is -0.381 e. The van der Waals surface area contributed by atoms with Gasteiger partial charge in [-0.1, -0.05) is 6.92 Å². The molecule has 0 aromatic heterocycles. The quantitative estimate of drug-likeness (QED) is 0.758. The molecule has 5 aliphatic rings. The van der Waals surface area contributed by atoms with Gasteiger partial charge in [0.15, 0.2) is 0 Å². The van der Waals surface area contributed by atoms with Crippen LogP contribution in [0, 0.1) is 29.6 Å². The minimum absolute atomic E-state index is 0.0492. The lowest BCUT2D eigenvalue weighted by molar-refractivity contribution is -0.206. The summed E-state index contributed by atoms with van der Waals surface area (Å²) in [7, 11) is 1.81. The second-order valence-corrected chi connectivity index (χ2v) is 10.6. The molecule has 5 rings (SSSR count). The maximum atomic E-state index is 13.5. The molecular weight excluding hydrogens is 380 g/mol. The summed E-state index contributed by atoms with van der Waals surface area (Å²) in [6.07, 6.45) is 9.86. The predicted molar refractivity (Wildman–Crippen MR) is 114 cm³/mol. The van der Waals surface area contributed by atoms with E-state index in [1.807, 2.05) is 7.11 Å². The fourth-order valence-electron chi connectivity index (χ4n) is 6.90. The zero-order chi connectivity index (χ0) is 20.7. The molecule has 3 aliphatic heterocycles. The minimum atomic E-state index is 0.0492. The highest BCUT2D eigenvalue weighted by Crippen LogP contribution is 2.44. The van der Waals surface area contributed by atoms with Crippen LogP contribution >= 0.6 is 0 Å². The fraction of sp³-hybridized carbons (Fsp3) is 0.958. The van der Waals surface area contributed by atoms with Crippen molar-refractivity contribution in [3.05, 3.63) is 0 Å². The summed E-state index contributed by atoms with van der Waals surface area (Å²) in [6, 6.07) is 0. The highest BCUT2D eigenvalue weighted by molar-refractivity contribution is 5.85. The molecule has 0 radical (unpaired) electrons. The van der Waals surface area contributed by atoms with E-state index in [0.29, 0.717) is 43.2 Å². The van der Waals surface area contributed by atoms with Gasteiger partial charge in [0.2, 0.25) is 0 Å². The number of fused-ring (bicyclic) bond motifs is 3. The van der Waals surface area contributed by atoms with Crippen molar-refractivity contribution in [2.24, 2.45) is 29.6 Å². The predicted octanol–water partition coefficient (Wildman–Crippen LogP) is 2.81. The van der Waals surface area contributed by atoms with Crippen molar-refractivity contribution in [1.29, 1.82) is 0 Å². The summed E-state index contributed by atoms with van der Waals surface area (Å²) >= 11 is 0. The Labute approximate surface area is 181 Å². The van der Waals surface area contributed by atoms with E-state index in [1.165, 1.54) is 12.8 Å². The van der Waals surface area contributed by atoms with E-state index >= 15 is 0 Å². The molecule has 1 N–H and O–H groups in total. The number of carbonyl (C=O) groups is 1. The molecule has 6 nitrogen and oxygen atoms in total. The SMILES string of the molecule is COC1CCC(C2COC3C(CCC4OCN(C5CCC(C)CN5)CC43)C2=O)CC1. The Hall–Kier alpha value is -0.530. The first kappa shape index (κ1) is 21.3. The largest absolute Gasteiger partial charge is 0.381 e. The average molecular weight is 421 g/mol. The third-order valence-electron chi connectivity index (χ3n) is 8.85. The lowest BCUT2D eigenvalue weighted by atomic mass is 9.67. The number of hydrogen-bond donors (Lipinski definition) is 1. The number of carbonyl (C=O) groups excluding carboxylic acids is 1. The van der Waals surface area contributed by atoms with Gasteiger partial charge in [-0.3, -0.25) is 9.69 Å². The van der Waals surface area contributed by atoms with Gasteiger partial charge in [-0.2, -0.15) is 0 Å². The van der Waals surface area contributed by atoms with Gasteiger partial charge >= 0.3 is 0 Å². The zero-order valence-corrected chi connectivity index (χ0v) is 18.8. The van der Waals surface area contributed by atoms with E-state index in [4.69, 9.17) is 14.2 Å². The Morgan fingerprint density at radius 2 is 1.83 bits per heavy atom. The number of nitrogens with one attached hydrogen (secondary N) is 1. The molecule has 0 bridgehead atoms. The molecule has 0 spiro atoms. The van der Waals surface area contributed by atoms with Crippen LogP contribution in [0.4, 0.5) is 0 Å². The highest BCUT2D eigenvalue weighted by atomic mass is 16.5. The summed E-state index contributed by atoms with van der Waals surface area (Å²) in [5.41, 5.74) is 0. The van der Waals surface area contributed by atoms with E-state index in [9.17, 15) is 4.79 Å². The van der Waals surface area contributed by atoms with Crippen LogP contribution in [-0.2, 0) is 19.0 Å². The van der Waals surface area contributed by atoms with Crippen molar-refractivity contribution in [2.75, 3.05) is 33.5 Å². The van der Waals surface area contributed by atoms with Crippen molar-refractivity contribution < 1.29 is 19.0 Å². The summed E-state index contributed by atoms with van der Waals surface area (Å²) < 4.78 is 18.3. The Bertz CT molecular complexity index is 600. The van der Waals surface area contributed by atoms with Crippen molar-refractivity contribution in [1.82, 2.24) is 10.2 Å². The Balaban J connectivity index is 1.22. The van der Waals surface area contributed by atoms with Gasteiger partial charge in [0.1, 0.15) is 12.5 Å². The van der Waals surface area contributed by atoms with Crippen LogP contribution in [0.15, 0.2) is 0 Å². The first-order valence-electron chi connectivity index (χ1n) is 12.4. The lowest BCUT2D eigenvalue weighted by Gasteiger charge is -2.52. The van der Waals surface area contributed by atoms with Crippen LogP contribution in [0.3, 0.4) is 0 Å². The Kier molecular flexibility index (Phi) is 6.50. The number of rotatable bonds is 3. The van der Waals surface area contributed by atoms with E-state index < -0.39 is 0 Å². The maximum absolute atomic E-state index is 13.5. The summed E-state index contributed by atoms with van der Waals surface area (Å²) in [6.45, 7) is 5.73. The zero-order valence-electron chi connectivity index (χ0n) is 18.8. The van der Waals surface area contributed by atoms with Crippen molar-refractivity contribution in [2.45, 2.75) is 82.8 Å². The molecule has 7 atom stereocenters. The first-order valence-corrected chi connectivity index (χ1v) is 12.4. The molecule has 2 saturated carbocycles. The monoisotopic (exact) mass is 420 g/mol. The van der Waals surface area contributed by atoms with Crippen LogP contribution in [0.1, 0.15) is 58.3 Å². The van der Waals surface area contributed by atoms with Crippen LogP contribution in [-0.4, -0.2) is 68.7 Å². The number of piperidine rings is 1. The second kappa shape index (κ2) is 9.14. The topological polar surface area (TPSA) is 60.0 Å². The molecule has 6 heteroatoms. The average Bonchev–Trinajstić information content (AvgIpc) is 2.79. The summed E-state index contributed by atoms with van der Waals surface area (Å²) in [5.74, 6) is 2.24. The molecule has 3 heterocycles. The number of hydrogen-bond acceptors (Lipinski definition) is 6. The smallest absolute Gasteiger partial charge is 0.144 e. The maximum Gasteiger partial charge on any atom is 0.144 e. The normalized spacial score (nSPS) is 48.1. The number of Topliss-reactive ketones (excluding diaryl/α,β-unsaturated/α-hetero) is 1. The molecule has 7 unspecified atom stereocenters.